The van der Waals surface area contributed by atoms with Crippen LogP contribution in [-0.4, -0.2) is 27.0 Å². The molecule has 6 nitrogen and oxygen atoms in total. The number of carbonyl (C=O) groups is 1. The first-order valence-corrected chi connectivity index (χ1v) is 10.4. The Morgan fingerprint density at radius 2 is 1.97 bits per heavy atom. The zero-order valence-corrected chi connectivity index (χ0v) is 17.8. The van der Waals surface area contributed by atoms with E-state index in [0.29, 0.717) is 18.7 Å². The third kappa shape index (κ3) is 4.91. The predicted molar refractivity (Wildman–Crippen MR) is 121 cm³/mol. The van der Waals surface area contributed by atoms with Crippen molar-refractivity contribution in [3.05, 3.63) is 89.5 Å². The number of nitrogens with one attached hydrogen (secondary N) is 1. The normalized spacial score (nSPS) is 10.9. The van der Waals surface area contributed by atoms with Gasteiger partial charge in [-0.1, -0.05) is 29.8 Å². The summed E-state index contributed by atoms with van der Waals surface area (Å²) in [5.41, 5.74) is 4.88. The molecule has 4 rings (SSSR count). The lowest BCUT2D eigenvalue weighted by molar-refractivity contribution is 0.0949. The van der Waals surface area contributed by atoms with Gasteiger partial charge in [-0.2, -0.15) is 0 Å². The van der Waals surface area contributed by atoms with Gasteiger partial charge < -0.3 is 14.6 Å². The number of aryl methyl sites for hydroxylation is 3. The molecule has 0 aliphatic heterocycles. The summed E-state index contributed by atoms with van der Waals surface area (Å²) in [4.78, 5) is 21.1. The number of para-hydroxylation sites is 2. The van der Waals surface area contributed by atoms with Gasteiger partial charge in [0.1, 0.15) is 11.6 Å². The van der Waals surface area contributed by atoms with Gasteiger partial charge >= 0.3 is 0 Å². The van der Waals surface area contributed by atoms with Gasteiger partial charge in [-0.3, -0.25) is 9.78 Å². The lowest BCUT2D eigenvalue weighted by Crippen LogP contribution is -2.25. The van der Waals surface area contributed by atoms with E-state index in [4.69, 9.17) is 9.72 Å². The fourth-order valence-corrected chi connectivity index (χ4v) is 3.63. The van der Waals surface area contributed by atoms with Crippen LogP contribution in [0.2, 0.25) is 0 Å². The number of hydrogen-bond donors (Lipinski definition) is 1. The molecule has 0 saturated heterocycles. The first-order valence-electron chi connectivity index (χ1n) is 10.4. The summed E-state index contributed by atoms with van der Waals surface area (Å²) in [5, 5.41) is 2.95. The number of amides is 1. The number of rotatable bonds is 8. The predicted octanol–water partition coefficient (Wildman–Crippen LogP) is 4.45. The van der Waals surface area contributed by atoms with Crippen LogP contribution in [0.4, 0.5) is 0 Å². The third-order valence-electron chi connectivity index (χ3n) is 5.18. The smallest absolute Gasteiger partial charge is 0.253 e. The quantitative estimate of drug-likeness (QED) is 0.433. The number of fused-ring (bicyclic) bond motifs is 1. The summed E-state index contributed by atoms with van der Waals surface area (Å²) in [5.74, 6) is 1.58. The van der Waals surface area contributed by atoms with Gasteiger partial charge in [-0.05, 0) is 56.2 Å². The van der Waals surface area contributed by atoms with Crippen molar-refractivity contribution in [1.29, 1.82) is 0 Å². The molecule has 0 radical (unpaired) electrons. The van der Waals surface area contributed by atoms with E-state index < -0.39 is 0 Å². The number of hydrogen-bond acceptors (Lipinski definition) is 4. The number of carbonyl (C=O) groups excluding carboxylic acids is 1. The fraction of sp³-hybridized carbons (Fsp3) is 0.240. The highest BCUT2D eigenvalue weighted by Crippen LogP contribution is 2.20. The van der Waals surface area contributed by atoms with E-state index in [1.165, 1.54) is 5.56 Å². The molecule has 0 atom stereocenters. The minimum absolute atomic E-state index is 0.162. The van der Waals surface area contributed by atoms with E-state index in [1.54, 1.807) is 24.5 Å². The standard InChI is InChI=1S/C25H26N4O2/c1-18-10-11-23(19(2)15-18)31-14-6-13-29-22-9-4-3-8-21(22)28-24(29)17-27-25(30)20-7-5-12-26-16-20/h3-5,7-12,15-16H,6,13-14,17H2,1-2H3,(H,27,30). The van der Waals surface area contributed by atoms with Crippen molar-refractivity contribution in [2.75, 3.05) is 6.61 Å². The molecule has 4 aromatic rings. The highest BCUT2D eigenvalue weighted by Gasteiger charge is 2.12. The number of nitrogens with zero attached hydrogens (tertiary/aromatic N) is 3. The molecule has 0 aliphatic carbocycles. The van der Waals surface area contributed by atoms with Crippen molar-refractivity contribution in [3.8, 4) is 5.75 Å². The van der Waals surface area contributed by atoms with Gasteiger partial charge in [0.15, 0.2) is 0 Å². The van der Waals surface area contributed by atoms with Gasteiger partial charge in [0.05, 0.1) is 29.7 Å². The summed E-state index contributed by atoms with van der Waals surface area (Å²) in [6.45, 7) is 5.85. The Kier molecular flexibility index (Phi) is 6.26. The average Bonchev–Trinajstić information content (AvgIpc) is 3.14. The van der Waals surface area contributed by atoms with Crippen LogP contribution < -0.4 is 10.1 Å². The number of pyridine rings is 1. The van der Waals surface area contributed by atoms with Gasteiger partial charge in [0.2, 0.25) is 0 Å². The van der Waals surface area contributed by atoms with Crippen molar-refractivity contribution >= 4 is 16.9 Å². The van der Waals surface area contributed by atoms with Gasteiger partial charge in [0.25, 0.3) is 5.91 Å². The van der Waals surface area contributed by atoms with Crippen LogP contribution >= 0.6 is 0 Å². The van der Waals surface area contributed by atoms with E-state index in [9.17, 15) is 4.79 Å². The van der Waals surface area contributed by atoms with E-state index >= 15 is 0 Å². The fourth-order valence-electron chi connectivity index (χ4n) is 3.63. The van der Waals surface area contributed by atoms with Crippen LogP contribution in [0.25, 0.3) is 11.0 Å². The molecule has 2 heterocycles. The Labute approximate surface area is 181 Å². The molecule has 0 fully saturated rings. The topological polar surface area (TPSA) is 69.0 Å². The summed E-state index contributed by atoms with van der Waals surface area (Å²) in [7, 11) is 0. The second kappa shape index (κ2) is 9.43. The van der Waals surface area contributed by atoms with Crippen molar-refractivity contribution in [1.82, 2.24) is 19.9 Å². The SMILES string of the molecule is Cc1ccc(OCCCn2c(CNC(=O)c3cccnc3)nc3ccccc32)c(C)c1. The Hall–Kier alpha value is -3.67. The Morgan fingerprint density at radius 3 is 2.77 bits per heavy atom. The van der Waals surface area contributed by atoms with Crippen molar-refractivity contribution in [2.45, 2.75) is 33.4 Å². The molecule has 1 amide bonds. The summed E-state index contributed by atoms with van der Waals surface area (Å²) in [6.07, 6.45) is 4.04. The minimum Gasteiger partial charge on any atom is -0.493 e. The molecule has 0 bridgehead atoms. The molecular weight excluding hydrogens is 388 g/mol. The molecule has 0 unspecified atom stereocenters. The molecule has 2 aromatic heterocycles. The first-order chi connectivity index (χ1) is 15.1. The van der Waals surface area contributed by atoms with Crippen LogP contribution in [0, 0.1) is 13.8 Å². The van der Waals surface area contributed by atoms with Gasteiger partial charge in [-0.25, -0.2) is 4.98 Å². The van der Waals surface area contributed by atoms with Crippen LogP contribution in [0.3, 0.4) is 0 Å². The average molecular weight is 415 g/mol. The van der Waals surface area contributed by atoms with Gasteiger partial charge in [0, 0.05) is 18.9 Å². The molecule has 6 heteroatoms. The highest BCUT2D eigenvalue weighted by molar-refractivity contribution is 5.93. The Balaban J connectivity index is 1.43. The third-order valence-corrected chi connectivity index (χ3v) is 5.18. The Bertz CT molecular complexity index is 1180. The second-order valence-corrected chi connectivity index (χ2v) is 7.56. The van der Waals surface area contributed by atoms with Crippen LogP contribution in [-0.2, 0) is 13.1 Å². The molecular formula is C25H26N4O2. The lowest BCUT2D eigenvalue weighted by Gasteiger charge is -2.12. The maximum atomic E-state index is 12.4. The molecule has 31 heavy (non-hydrogen) atoms. The summed E-state index contributed by atoms with van der Waals surface area (Å²) >= 11 is 0. The van der Waals surface area contributed by atoms with E-state index in [0.717, 1.165) is 41.1 Å². The van der Waals surface area contributed by atoms with Crippen LogP contribution in [0.1, 0.15) is 33.7 Å². The minimum atomic E-state index is -0.162. The van der Waals surface area contributed by atoms with Crippen molar-refractivity contribution in [2.24, 2.45) is 0 Å². The van der Waals surface area contributed by atoms with Gasteiger partial charge in [-0.15, -0.1) is 0 Å². The molecule has 158 valence electrons. The Morgan fingerprint density at radius 1 is 1.10 bits per heavy atom. The van der Waals surface area contributed by atoms with Crippen LogP contribution in [0.15, 0.2) is 67.0 Å². The zero-order valence-electron chi connectivity index (χ0n) is 17.8. The zero-order chi connectivity index (χ0) is 21.6. The maximum Gasteiger partial charge on any atom is 0.253 e. The first kappa shape index (κ1) is 20.6. The summed E-state index contributed by atoms with van der Waals surface area (Å²) in [6, 6.07) is 17.7. The highest BCUT2D eigenvalue weighted by atomic mass is 16.5. The molecule has 2 aromatic carbocycles. The number of imidazole rings is 1. The molecule has 0 spiro atoms. The van der Waals surface area contributed by atoms with E-state index in [-0.39, 0.29) is 5.91 Å². The largest absolute Gasteiger partial charge is 0.493 e. The second-order valence-electron chi connectivity index (χ2n) is 7.56. The molecule has 1 N–H and O–H groups in total. The van der Waals surface area contributed by atoms with E-state index in [1.807, 2.05) is 24.3 Å². The number of benzene rings is 2. The monoisotopic (exact) mass is 414 g/mol. The summed E-state index contributed by atoms with van der Waals surface area (Å²) < 4.78 is 8.14. The molecule has 0 saturated carbocycles. The number of ether oxygens (including phenoxy) is 1. The number of aromatic nitrogens is 3. The van der Waals surface area contributed by atoms with Crippen molar-refractivity contribution in [3.63, 3.8) is 0 Å². The van der Waals surface area contributed by atoms with Crippen molar-refractivity contribution < 1.29 is 9.53 Å². The maximum absolute atomic E-state index is 12.4. The molecule has 0 aliphatic rings. The van der Waals surface area contributed by atoms with E-state index in [2.05, 4.69) is 46.9 Å². The lowest BCUT2D eigenvalue weighted by atomic mass is 10.1. The van der Waals surface area contributed by atoms with Crippen LogP contribution in [0.5, 0.6) is 5.75 Å².